The maximum Gasteiger partial charge on any atom is 0.269 e. The molecular formula is C21H19FN6O. The average molecular weight is 390 g/mol. The van der Waals surface area contributed by atoms with Crippen molar-refractivity contribution in [1.29, 1.82) is 0 Å². The van der Waals surface area contributed by atoms with Gasteiger partial charge in [-0.3, -0.25) is 19.1 Å². The van der Waals surface area contributed by atoms with Crippen molar-refractivity contribution >= 4 is 5.91 Å². The maximum absolute atomic E-state index is 13.1. The van der Waals surface area contributed by atoms with Gasteiger partial charge in [-0.1, -0.05) is 6.07 Å². The summed E-state index contributed by atoms with van der Waals surface area (Å²) in [6.45, 7) is 0.274. The summed E-state index contributed by atoms with van der Waals surface area (Å²) in [7, 11) is 3.54. The number of amides is 1. The van der Waals surface area contributed by atoms with Crippen LogP contribution < -0.4 is 5.32 Å². The lowest BCUT2D eigenvalue weighted by atomic mass is 10.1. The van der Waals surface area contributed by atoms with E-state index >= 15 is 0 Å². The van der Waals surface area contributed by atoms with Crippen LogP contribution in [0.1, 0.15) is 16.2 Å². The second-order valence-electron chi connectivity index (χ2n) is 6.59. The lowest BCUT2D eigenvalue weighted by Gasteiger charge is -2.02. The van der Waals surface area contributed by atoms with Gasteiger partial charge in [0.05, 0.1) is 29.3 Å². The monoisotopic (exact) mass is 390 g/mol. The number of nitrogens with zero attached hydrogens (tertiary/aromatic N) is 5. The molecule has 0 aliphatic carbocycles. The van der Waals surface area contributed by atoms with Crippen molar-refractivity contribution in [3.05, 3.63) is 78.0 Å². The third kappa shape index (κ3) is 3.91. The predicted molar refractivity (Wildman–Crippen MR) is 106 cm³/mol. The van der Waals surface area contributed by atoms with Gasteiger partial charge in [-0.2, -0.15) is 10.2 Å². The molecule has 0 atom stereocenters. The van der Waals surface area contributed by atoms with Crippen molar-refractivity contribution in [2.24, 2.45) is 14.1 Å². The fraction of sp³-hybridized carbons (Fsp3) is 0.143. The number of benzene rings is 1. The van der Waals surface area contributed by atoms with Crippen LogP contribution >= 0.6 is 0 Å². The van der Waals surface area contributed by atoms with Gasteiger partial charge >= 0.3 is 0 Å². The average Bonchev–Trinajstić information content (AvgIpc) is 3.30. The molecule has 0 aliphatic heterocycles. The number of halogens is 1. The van der Waals surface area contributed by atoms with Crippen LogP contribution in [-0.2, 0) is 20.6 Å². The van der Waals surface area contributed by atoms with Crippen LogP contribution in [0.5, 0.6) is 0 Å². The van der Waals surface area contributed by atoms with Crippen molar-refractivity contribution in [2.45, 2.75) is 6.54 Å². The summed E-state index contributed by atoms with van der Waals surface area (Å²) in [6.07, 6.45) is 1.73. The van der Waals surface area contributed by atoms with E-state index in [2.05, 4.69) is 20.5 Å². The van der Waals surface area contributed by atoms with Crippen molar-refractivity contribution in [2.75, 3.05) is 0 Å². The second kappa shape index (κ2) is 7.67. The van der Waals surface area contributed by atoms with Crippen molar-refractivity contribution in [3.63, 3.8) is 0 Å². The van der Waals surface area contributed by atoms with Crippen LogP contribution in [0.25, 0.3) is 22.6 Å². The molecule has 4 aromatic rings. The van der Waals surface area contributed by atoms with Crippen molar-refractivity contribution < 1.29 is 9.18 Å². The van der Waals surface area contributed by atoms with E-state index in [1.165, 1.54) is 16.8 Å². The zero-order valence-electron chi connectivity index (χ0n) is 16.0. The van der Waals surface area contributed by atoms with E-state index in [4.69, 9.17) is 0 Å². The summed E-state index contributed by atoms with van der Waals surface area (Å²) in [4.78, 5) is 17.0. The van der Waals surface area contributed by atoms with Crippen LogP contribution in [0.3, 0.4) is 0 Å². The minimum absolute atomic E-state index is 0.265. The molecule has 0 saturated heterocycles. The molecule has 1 aromatic carbocycles. The minimum Gasteiger partial charge on any atom is -0.345 e. The van der Waals surface area contributed by atoms with Gasteiger partial charge in [0.15, 0.2) is 0 Å². The molecule has 3 heterocycles. The molecule has 29 heavy (non-hydrogen) atoms. The number of hydrogen-bond donors (Lipinski definition) is 1. The number of aryl methyl sites for hydroxylation is 2. The first kappa shape index (κ1) is 18.5. The Kier molecular flexibility index (Phi) is 4.90. The fourth-order valence-corrected chi connectivity index (χ4v) is 3.07. The molecule has 3 aromatic heterocycles. The summed E-state index contributed by atoms with van der Waals surface area (Å²) in [5.74, 6) is -0.582. The number of hydrogen-bond acceptors (Lipinski definition) is 4. The van der Waals surface area contributed by atoms with E-state index in [-0.39, 0.29) is 18.3 Å². The first-order valence-corrected chi connectivity index (χ1v) is 9.04. The number of carbonyl (C=O) groups excluding carboxylic acids is 1. The Balaban J connectivity index is 1.47. The SMILES string of the molecule is Cn1nc(-c2ccc(F)cc2)cc1C(=O)NCc1cc(-c2ccccn2)n(C)n1. The van der Waals surface area contributed by atoms with E-state index in [1.807, 2.05) is 31.3 Å². The highest BCUT2D eigenvalue weighted by Crippen LogP contribution is 2.20. The molecule has 8 heteroatoms. The maximum atomic E-state index is 13.1. The highest BCUT2D eigenvalue weighted by Gasteiger charge is 2.15. The van der Waals surface area contributed by atoms with E-state index in [9.17, 15) is 9.18 Å². The quantitative estimate of drug-likeness (QED) is 0.568. The standard InChI is InChI=1S/C21H19FN6O/c1-27-19(17-5-3-4-10-23-17)11-16(25-27)13-24-21(29)20-12-18(26-28(20)2)14-6-8-15(22)9-7-14/h3-12H,13H2,1-2H3,(H,24,29). The molecular weight excluding hydrogens is 371 g/mol. The van der Waals surface area contributed by atoms with Gasteiger partial charge in [0.25, 0.3) is 5.91 Å². The van der Waals surface area contributed by atoms with E-state index in [0.29, 0.717) is 11.4 Å². The zero-order valence-corrected chi connectivity index (χ0v) is 16.0. The smallest absolute Gasteiger partial charge is 0.269 e. The number of carbonyl (C=O) groups is 1. The van der Waals surface area contributed by atoms with Crippen LogP contribution in [0.15, 0.2) is 60.8 Å². The second-order valence-corrected chi connectivity index (χ2v) is 6.59. The molecule has 146 valence electrons. The molecule has 1 N–H and O–H groups in total. The fourth-order valence-electron chi connectivity index (χ4n) is 3.07. The van der Waals surface area contributed by atoms with Crippen LogP contribution in [0.4, 0.5) is 4.39 Å². The van der Waals surface area contributed by atoms with Crippen LogP contribution in [0, 0.1) is 5.82 Å². The Morgan fingerprint density at radius 1 is 1.00 bits per heavy atom. The number of aromatic nitrogens is 5. The number of rotatable bonds is 5. The number of pyridine rings is 1. The van der Waals surface area contributed by atoms with Crippen molar-refractivity contribution in [1.82, 2.24) is 29.9 Å². The largest absolute Gasteiger partial charge is 0.345 e. The molecule has 0 bridgehead atoms. The van der Waals surface area contributed by atoms with Gasteiger partial charge in [-0.15, -0.1) is 0 Å². The third-order valence-corrected chi connectivity index (χ3v) is 4.54. The normalized spacial score (nSPS) is 10.9. The lowest BCUT2D eigenvalue weighted by molar-refractivity contribution is 0.0941. The first-order valence-electron chi connectivity index (χ1n) is 9.04. The van der Waals surface area contributed by atoms with Crippen LogP contribution in [0.2, 0.25) is 0 Å². The Bertz CT molecular complexity index is 1150. The van der Waals surface area contributed by atoms with E-state index in [1.54, 1.807) is 36.1 Å². The molecule has 7 nitrogen and oxygen atoms in total. The molecule has 0 saturated carbocycles. The molecule has 0 radical (unpaired) electrons. The van der Waals surface area contributed by atoms with Crippen LogP contribution in [-0.4, -0.2) is 30.5 Å². The van der Waals surface area contributed by atoms with Crippen molar-refractivity contribution in [3.8, 4) is 22.6 Å². The highest BCUT2D eigenvalue weighted by molar-refractivity contribution is 5.93. The van der Waals surface area contributed by atoms with Gasteiger partial charge in [0.1, 0.15) is 11.5 Å². The summed E-state index contributed by atoms with van der Waals surface area (Å²) in [6, 6.07) is 15.3. The summed E-state index contributed by atoms with van der Waals surface area (Å²) >= 11 is 0. The van der Waals surface area contributed by atoms with Gasteiger partial charge in [0.2, 0.25) is 0 Å². The summed E-state index contributed by atoms with van der Waals surface area (Å²) < 4.78 is 16.4. The molecule has 0 aliphatic rings. The van der Waals surface area contributed by atoms with Gasteiger partial charge in [-0.25, -0.2) is 4.39 Å². The Morgan fingerprint density at radius 3 is 2.52 bits per heavy atom. The molecule has 0 fully saturated rings. The first-order chi connectivity index (χ1) is 14.0. The van der Waals surface area contributed by atoms with Gasteiger partial charge in [-0.05, 0) is 48.5 Å². The van der Waals surface area contributed by atoms with E-state index in [0.717, 1.165) is 22.6 Å². The molecule has 1 amide bonds. The Labute approximate surface area is 166 Å². The summed E-state index contributed by atoms with van der Waals surface area (Å²) in [5.41, 5.74) is 4.16. The summed E-state index contributed by atoms with van der Waals surface area (Å²) in [5, 5.41) is 11.7. The Hall–Kier alpha value is -3.81. The van der Waals surface area contributed by atoms with E-state index < -0.39 is 0 Å². The predicted octanol–water partition coefficient (Wildman–Crippen LogP) is 2.95. The molecule has 4 rings (SSSR count). The van der Waals surface area contributed by atoms with Gasteiger partial charge in [0, 0.05) is 25.9 Å². The topological polar surface area (TPSA) is 77.6 Å². The number of nitrogens with one attached hydrogen (secondary N) is 1. The molecule has 0 unspecified atom stereocenters. The highest BCUT2D eigenvalue weighted by atomic mass is 19.1. The Morgan fingerprint density at radius 2 is 1.79 bits per heavy atom. The minimum atomic E-state index is -0.317. The van der Waals surface area contributed by atoms with Gasteiger partial charge < -0.3 is 5.32 Å². The lowest BCUT2D eigenvalue weighted by Crippen LogP contribution is -2.25. The third-order valence-electron chi connectivity index (χ3n) is 4.54. The molecule has 0 spiro atoms. The zero-order chi connectivity index (χ0) is 20.4.